The number of amides is 2. The lowest BCUT2D eigenvalue weighted by Gasteiger charge is -2.19. The number of carbonyl (C=O) groups excluding carboxylic acids is 2. The normalized spacial score (nSPS) is 19.5. The van der Waals surface area contributed by atoms with E-state index >= 15 is 0 Å². The van der Waals surface area contributed by atoms with Crippen LogP contribution in [0.25, 0.3) is 0 Å². The number of hydrogen-bond donors (Lipinski definition) is 2. The molecule has 0 unspecified atom stereocenters. The molecular weight excluding hydrogens is 296 g/mol. The van der Waals surface area contributed by atoms with Crippen LogP contribution < -0.4 is 10.6 Å². The number of carbonyl (C=O) groups is 2. The fraction of sp³-hybridized carbons (Fsp3) is 0.294. The van der Waals surface area contributed by atoms with Crippen LogP contribution in [0, 0.1) is 5.92 Å². The molecule has 2 N–H and O–H groups in total. The molecule has 1 aliphatic carbocycles. The van der Waals surface area contributed by atoms with Gasteiger partial charge in [0.15, 0.2) is 0 Å². The van der Waals surface area contributed by atoms with E-state index < -0.39 is 0 Å². The largest absolute Gasteiger partial charge is 0.347 e. The van der Waals surface area contributed by atoms with E-state index in [4.69, 9.17) is 0 Å². The van der Waals surface area contributed by atoms with Crippen LogP contribution in [-0.4, -0.2) is 18.4 Å². The zero-order valence-corrected chi connectivity index (χ0v) is 13.2. The van der Waals surface area contributed by atoms with Crippen LogP contribution in [0.4, 0.5) is 0 Å². The number of benzene rings is 1. The Balaban J connectivity index is 1.57. The first kappa shape index (κ1) is 14.8. The zero-order valence-electron chi connectivity index (χ0n) is 12.3. The highest BCUT2D eigenvalue weighted by Crippen LogP contribution is 2.35. The third-order valence-corrected chi connectivity index (χ3v) is 4.69. The zero-order chi connectivity index (χ0) is 15.5. The minimum atomic E-state index is -0.212. The van der Waals surface area contributed by atoms with Gasteiger partial charge in [0, 0.05) is 10.9 Å². The van der Waals surface area contributed by atoms with Crippen molar-refractivity contribution in [1.29, 1.82) is 0 Å². The molecule has 0 spiro atoms. The summed E-state index contributed by atoms with van der Waals surface area (Å²) in [6.07, 6.45) is 0.975. The van der Waals surface area contributed by atoms with Crippen molar-refractivity contribution in [3.63, 3.8) is 0 Å². The van der Waals surface area contributed by atoms with Gasteiger partial charge >= 0.3 is 0 Å². The van der Waals surface area contributed by atoms with Crippen molar-refractivity contribution in [1.82, 2.24) is 10.6 Å². The Morgan fingerprint density at radius 1 is 1.27 bits per heavy atom. The van der Waals surface area contributed by atoms with E-state index in [0.29, 0.717) is 11.5 Å². The van der Waals surface area contributed by atoms with Gasteiger partial charge in [-0.3, -0.25) is 9.59 Å². The summed E-state index contributed by atoms with van der Waals surface area (Å²) in [4.78, 5) is 23.9. The van der Waals surface area contributed by atoms with Crippen LogP contribution in [0.3, 0.4) is 0 Å². The predicted molar refractivity (Wildman–Crippen MR) is 86.8 cm³/mol. The molecule has 3 rings (SSSR count). The van der Waals surface area contributed by atoms with E-state index in [0.717, 1.165) is 6.42 Å². The predicted octanol–water partition coefficient (Wildman–Crippen LogP) is 2.53. The van der Waals surface area contributed by atoms with Gasteiger partial charge in [0.1, 0.15) is 0 Å². The van der Waals surface area contributed by atoms with E-state index in [1.165, 1.54) is 22.5 Å². The topological polar surface area (TPSA) is 58.2 Å². The van der Waals surface area contributed by atoms with Crippen molar-refractivity contribution in [3.05, 3.63) is 57.8 Å². The lowest BCUT2D eigenvalue weighted by Crippen LogP contribution is -2.39. The molecule has 0 bridgehead atoms. The van der Waals surface area contributed by atoms with Gasteiger partial charge in [-0.25, -0.2) is 0 Å². The van der Waals surface area contributed by atoms with Gasteiger partial charge in [-0.05, 0) is 34.9 Å². The maximum atomic E-state index is 12.1. The first-order valence-corrected chi connectivity index (χ1v) is 8.27. The minimum absolute atomic E-state index is 0.0000664. The quantitative estimate of drug-likeness (QED) is 0.911. The van der Waals surface area contributed by atoms with Gasteiger partial charge in [0.05, 0.1) is 12.6 Å². The molecule has 2 aromatic rings. The highest BCUT2D eigenvalue weighted by atomic mass is 32.1. The maximum Gasteiger partial charge on any atom is 0.252 e. The molecule has 0 fully saturated rings. The average Bonchev–Trinajstić information content (AvgIpc) is 3.14. The average molecular weight is 314 g/mol. The molecule has 22 heavy (non-hydrogen) atoms. The number of hydrogen-bond acceptors (Lipinski definition) is 3. The number of nitrogens with one attached hydrogen (secondary N) is 2. The van der Waals surface area contributed by atoms with Crippen molar-refractivity contribution in [2.24, 2.45) is 5.92 Å². The van der Waals surface area contributed by atoms with E-state index in [1.807, 2.05) is 17.5 Å². The van der Waals surface area contributed by atoms with Crippen molar-refractivity contribution >= 4 is 23.2 Å². The molecule has 0 saturated heterocycles. The second-order valence-corrected chi connectivity index (χ2v) is 6.40. The van der Waals surface area contributed by atoms with Crippen LogP contribution in [0.15, 0.2) is 41.1 Å². The minimum Gasteiger partial charge on any atom is -0.347 e. The number of fused-ring (bicyclic) bond motifs is 1. The molecule has 2 amide bonds. The second kappa shape index (κ2) is 6.32. The highest BCUT2D eigenvalue weighted by Gasteiger charge is 2.30. The van der Waals surface area contributed by atoms with Crippen molar-refractivity contribution in [2.75, 3.05) is 6.54 Å². The molecule has 1 aromatic heterocycles. The maximum absolute atomic E-state index is 12.1. The smallest absolute Gasteiger partial charge is 0.252 e. The molecule has 5 heteroatoms. The Morgan fingerprint density at radius 2 is 2.09 bits per heavy atom. The standard InChI is InChI=1S/C17H18N2O2S/c1-11-8-12-4-2-3-5-14(12)16(11)19-15(20)9-18-17(21)13-6-7-22-10-13/h2-7,10-11,16H,8-9H2,1H3,(H,18,21)(H,19,20)/t11-,16-/m1/s1. The summed E-state index contributed by atoms with van der Waals surface area (Å²) in [6, 6.07) is 9.96. The highest BCUT2D eigenvalue weighted by molar-refractivity contribution is 7.08. The Kier molecular flexibility index (Phi) is 4.24. The number of thiophene rings is 1. The van der Waals surface area contributed by atoms with Gasteiger partial charge in [0.25, 0.3) is 5.91 Å². The molecule has 4 nitrogen and oxygen atoms in total. The molecule has 114 valence electrons. The Morgan fingerprint density at radius 3 is 2.86 bits per heavy atom. The first-order chi connectivity index (χ1) is 10.6. The molecular formula is C17H18N2O2S. The van der Waals surface area contributed by atoms with Gasteiger partial charge < -0.3 is 10.6 Å². The van der Waals surface area contributed by atoms with Crippen LogP contribution in [0.2, 0.25) is 0 Å². The lowest BCUT2D eigenvalue weighted by molar-refractivity contribution is -0.121. The summed E-state index contributed by atoms with van der Waals surface area (Å²) >= 11 is 1.46. The van der Waals surface area contributed by atoms with Crippen molar-refractivity contribution in [3.8, 4) is 0 Å². The van der Waals surface area contributed by atoms with E-state index in [9.17, 15) is 9.59 Å². The second-order valence-electron chi connectivity index (χ2n) is 5.62. The van der Waals surface area contributed by atoms with E-state index in [1.54, 1.807) is 11.4 Å². The third kappa shape index (κ3) is 3.04. The van der Waals surface area contributed by atoms with Crippen molar-refractivity contribution in [2.45, 2.75) is 19.4 Å². The Bertz CT molecular complexity index is 682. The lowest BCUT2D eigenvalue weighted by atomic mass is 10.0. The summed E-state index contributed by atoms with van der Waals surface area (Å²) in [5.74, 6) is 0.00216. The van der Waals surface area contributed by atoms with E-state index in [2.05, 4.69) is 29.7 Å². The van der Waals surface area contributed by atoms with Crippen LogP contribution in [0.5, 0.6) is 0 Å². The third-order valence-electron chi connectivity index (χ3n) is 4.01. The molecule has 1 aliphatic rings. The van der Waals surface area contributed by atoms with Gasteiger partial charge in [-0.15, -0.1) is 0 Å². The fourth-order valence-electron chi connectivity index (χ4n) is 2.90. The summed E-state index contributed by atoms with van der Waals surface area (Å²) in [5.41, 5.74) is 3.08. The molecule has 0 aliphatic heterocycles. The molecule has 1 aromatic carbocycles. The Hall–Kier alpha value is -2.14. The summed E-state index contributed by atoms with van der Waals surface area (Å²) in [5, 5.41) is 9.29. The Labute approximate surface area is 133 Å². The summed E-state index contributed by atoms with van der Waals surface area (Å²) < 4.78 is 0. The van der Waals surface area contributed by atoms with Crippen LogP contribution in [0.1, 0.15) is 34.5 Å². The van der Waals surface area contributed by atoms with E-state index in [-0.39, 0.29) is 24.4 Å². The first-order valence-electron chi connectivity index (χ1n) is 7.32. The molecule has 1 heterocycles. The van der Waals surface area contributed by atoms with Gasteiger partial charge in [0.2, 0.25) is 5.91 Å². The SMILES string of the molecule is C[C@@H]1Cc2ccccc2[C@@H]1NC(=O)CNC(=O)c1ccsc1. The molecule has 0 radical (unpaired) electrons. The van der Waals surface area contributed by atoms with Crippen molar-refractivity contribution < 1.29 is 9.59 Å². The van der Waals surface area contributed by atoms with Gasteiger partial charge in [-0.2, -0.15) is 11.3 Å². The molecule has 0 saturated carbocycles. The summed E-state index contributed by atoms with van der Waals surface area (Å²) in [6.45, 7) is 2.13. The van der Waals surface area contributed by atoms with Gasteiger partial charge in [-0.1, -0.05) is 31.2 Å². The monoisotopic (exact) mass is 314 g/mol. The summed E-state index contributed by atoms with van der Waals surface area (Å²) in [7, 11) is 0. The van der Waals surface area contributed by atoms with Crippen LogP contribution >= 0.6 is 11.3 Å². The molecule has 2 atom stereocenters. The fourth-order valence-corrected chi connectivity index (χ4v) is 3.53. The number of rotatable bonds is 4. The van der Waals surface area contributed by atoms with Crippen LogP contribution in [-0.2, 0) is 11.2 Å².